The molecule has 4 N–H and O–H groups in total. The molecule has 23 heavy (non-hydrogen) atoms. The average Bonchev–Trinajstić information content (AvgIpc) is 2.53. The number of anilines is 1. The second-order valence-corrected chi connectivity index (χ2v) is 6.09. The van der Waals surface area contributed by atoms with E-state index in [0.717, 1.165) is 57.3 Å². The van der Waals surface area contributed by atoms with Crippen LogP contribution in [-0.4, -0.2) is 28.6 Å². The Morgan fingerprint density at radius 2 is 2.00 bits per heavy atom. The fourth-order valence-electron chi connectivity index (χ4n) is 2.83. The van der Waals surface area contributed by atoms with E-state index in [2.05, 4.69) is 17.4 Å². The molecule has 1 atom stereocenters. The molecule has 1 aliphatic heterocycles. The first-order valence-corrected chi connectivity index (χ1v) is 8.38. The normalized spacial score (nSPS) is 14.3. The molecule has 2 heterocycles. The summed E-state index contributed by atoms with van der Waals surface area (Å²) in [5.74, 6) is 0.179. The summed E-state index contributed by atoms with van der Waals surface area (Å²) in [4.78, 5) is 15.3. The van der Waals surface area contributed by atoms with Crippen molar-refractivity contribution in [2.45, 2.75) is 63.8 Å². The van der Waals surface area contributed by atoms with Crippen molar-refractivity contribution in [3.63, 3.8) is 0 Å². The summed E-state index contributed by atoms with van der Waals surface area (Å²) in [6, 6.07) is 3.65. The maximum absolute atomic E-state index is 10.6. The SMILES string of the molecule is Cl.NC(CCCCCCCc1ccc2c(n1)NCCC2)C(=O)O. The number of rotatable bonds is 9. The van der Waals surface area contributed by atoms with Gasteiger partial charge in [-0.1, -0.05) is 31.7 Å². The van der Waals surface area contributed by atoms with Crippen LogP contribution in [-0.2, 0) is 17.6 Å². The highest BCUT2D eigenvalue weighted by Crippen LogP contribution is 2.20. The fourth-order valence-corrected chi connectivity index (χ4v) is 2.83. The number of carboxylic acids is 1. The Morgan fingerprint density at radius 3 is 2.78 bits per heavy atom. The molecule has 0 saturated heterocycles. The number of pyridine rings is 1. The molecule has 0 radical (unpaired) electrons. The quantitative estimate of drug-likeness (QED) is 0.600. The summed E-state index contributed by atoms with van der Waals surface area (Å²) in [6.07, 6.45) is 9.31. The molecule has 0 aliphatic carbocycles. The number of carbonyl (C=O) groups is 1. The molecule has 2 rings (SSSR count). The van der Waals surface area contributed by atoms with Crippen LogP contribution >= 0.6 is 12.4 Å². The van der Waals surface area contributed by atoms with Crippen molar-refractivity contribution in [2.24, 2.45) is 5.73 Å². The molecule has 0 saturated carbocycles. The largest absolute Gasteiger partial charge is 0.480 e. The van der Waals surface area contributed by atoms with Gasteiger partial charge in [0.15, 0.2) is 0 Å². The minimum Gasteiger partial charge on any atom is -0.480 e. The second kappa shape index (κ2) is 10.4. The minimum atomic E-state index is -0.896. The molecule has 0 bridgehead atoms. The monoisotopic (exact) mass is 341 g/mol. The van der Waals surface area contributed by atoms with Crippen molar-refractivity contribution in [3.8, 4) is 0 Å². The van der Waals surface area contributed by atoms with E-state index in [1.54, 1.807) is 0 Å². The standard InChI is InChI=1S/C17H27N3O2.ClH/c18-15(17(21)22)9-5-3-1-2-4-8-14-11-10-13-7-6-12-19-16(13)20-14;/h10-11,15H,1-9,12,18H2,(H,19,20)(H,21,22);1H. The van der Waals surface area contributed by atoms with Gasteiger partial charge in [-0.2, -0.15) is 0 Å². The molecular formula is C17H28ClN3O2. The van der Waals surface area contributed by atoms with Gasteiger partial charge in [0, 0.05) is 12.2 Å². The molecule has 0 fully saturated rings. The Labute approximate surface area is 144 Å². The predicted octanol–water partition coefficient (Wildman–Crippen LogP) is 3.16. The smallest absolute Gasteiger partial charge is 0.320 e. The van der Waals surface area contributed by atoms with Crippen molar-refractivity contribution < 1.29 is 9.90 Å². The zero-order valence-electron chi connectivity index (χ0n) is 13.6. The highest BCUT2D eigenvalue weighted by molar-refractivity contribution is 5.85. The first-order valence-electron chi connectivity index (χ1n) is 8.38. The first-order chi connectivity index (χ1) is 10.7. The summed E-state index contributed by atoms with van der Waals surface area (Å²) >= 11 is 0. The highest BCUT2D eigenvalue weighted by atomic mass is 35.5. The number of fused-ring (bicyclic) bond motifs is 1. The molecule has 5 nitrogen and oxygen atoms in total. The number of hydrogen-bond donors (Lipinski definition) is 3. The zero-order chi connectivity index (χ0) is 15.8. The van der Waals surface area contributed by atoms with Gasteiger partial charge in [-0.05, 0) is 43.7 Å². The molecule has 0 amide bonds. The van der Waals surface area contributed by atoms with Gasteiger partial charge in [0.1, 0.15) is 11.9 Å². The van der Waals surface area contributed by atoms with E-state index in [0.29, 0.717) is 6.42 Å². The lowest BCUT2D eigenvalue weighted by molar-refractivity contribution is -0.138. The first kappa shape index (κ1) is 19.7. The van der Waals surface area contributed by atoms with Crippen molar-refractivity contribution in [3.05, 3.63) is 23.4 Å². The predicted molar refractivity (Wildman–Crippen MR) is 95.3 cm³/mol. The number of nitrogens with one attached hydrogen (secondary N) is 1. The van der Waals surface area contributed by atoms with Gasteiger partial charge >= 0.3 is 5.97 Å². The number of hydrogen-bond acceptors (Lipinski definition) is 4. The second-order valence-electron chi connectivity index (χ2n) is 6.09. The van der Waals surface area contributed by atoms with Crippen LogP contribution in [0.1, 0.15) is 56.2 Å². The van der Waals surface area contributed by atoms with Gasteiger partial charge in [-0.3, -0.25) is 4.79 Å². The summed E-state index contributed by atoms with van der Waals surface area (Å²) in [5.41, 5.74) is 7.98. The summed E-state index contributed by atoms with van der Waals surface area (Å²) in [6.45, 7) is 1.03. The highest BCUT2D eigenvalue weighted by Gasteiger charge is 2.11. The molecule has 6 heteroatoms. The number of nitrogens with zero attached hydrogens (tertiary/aromatic N) is 1. The minimum absolute atomic E-state index is 0. The van der Waals surface area contributed by atoms with Gasteiger partial charge in [0.2, 0.25) is 0 Å². The van der Waals surface area contributed by atoms with Gasteiger partial charge in [0.05, 0.1) is 0 Å². The average molecular weight is 342 g/mol. The van der Waals surface area contributed by atoms with Crippen molar-refractivity contribution in [2.75, 3.05) is 11.9 Å². The van der Waals surface area contributed by atoms with E-state index in [-0.39, 0.29) is 12.4 Å². The Balaban J connectivity index is 0.00000264. The van der Waals surface area contributed by atoms with E-state index in [1.807, 2.05) is 0 Å². The number of carboxylic acid groups (broad SMARTS) is 1. The number of aromatic nitrogens is 1. The Kier molecular flexibility index (Phi) is 8.95. The lowest BCUT2D eigenvalue weighted by atomic mass is 10.0. The summed E-state index contributed by atoms with van der Waals surface area (Å²) in [7, 11) is 0. The summed E-state index contributed by atoms with van der Waals surface area (Å²) in [5, 5.41) is 12.1. The molecule has 1 aliphatic rings. The molecule has 0 aromatic carbocycles. The van der Waals surface area contributed by atoms with Crippen LogP contribution in [0.15, 0.2) is 12.1 Å². The molecule has 1 aromatic heterocycles. The van der Waals surface area contributed by atoms with E-state index >= 15 is 0 Å². The number of aryl methyl sites for hydroxylation is 2. The number of nitrogens with two attached hydrogens (primary N) is 1. The van der Waals surface area contributed by atoms with Crippen LogP contribution in [0.5, 0.6) is 0 Å². The van der Waals surface area contributed by atoms with Crippen LogP contribution in [0.4, 0.5) is 5.82 Å². The van der Waals surface area contributed by atoms with Crippen molar-refractivity contribution >= 4 is 24.2 Å². The van der Waals surface area contributed by atoms with Crippen LogP contribution in [0.25, 0.3) is 0 Å². The maximum Gasteiger partial charge on any atom is 0.320 e. The lowest BCUT2D eigenvalue weighted by Crippen LogP contribution is -2.29. The van der Waals surface area contributed by atoms with Crippen LogP contribution in [0.3, 0.4) is 0 Å². The van der Waals surface area contributed by atoms with Gasteiger partial charge in [-0.15, -0.1) is 12.4 Å². The van der Waals surface area contributed by atoms with Crippen LogP contribution < -0.4 is 11.1 Å². The Hall–Kier alpha value is -1.33. The number of halogens is 1. The molecular weight excluding hydrogens is 314 g/mol. The lowest BCUT2D eigenvalue weighted by Gasteiger charge is -2.17. The van der Waals surface area contributed by atoms with Gasteiger partial charge < -0.3 is 16.2 Å². The topological polar surface area (TPSA) is 88.2 Å². The van der Waals surface area contributed by atoms with Crippen LogP contribution in [0, 0.1) is 0 Å². The van der Waals surface area contributed by atoms with Crippen LogP contribution in [0.2, 0.25) is 0 Å². The van der Waals surface area contributed by atoms with Crippen molar-refractivity contribution in [1.29, 1.82) is 0 Å². The van der Waals surface area contributed by atoms with Gasteiger partial charge in [0.25, 0.3) is 0 Å². The molecule has 1 unspecified atom stereocenters. The third-order valence-corrected chi connectivity index (χ3v) is 4.22. The fraction of sp³-hybridized carbons (Fsp3) is 0.647. The van der Waals surface area contributed by atoms with E-state index in [1.165, 1.54) is 17.7 Å². The van der Waals surface area contributed by atoms with E-state index in [4.69, 9.17) is 15.8 Å². The van der Waals surface area contributed by atoms with Gasteiger partial charge in [-0.25, -0.2) is 4.98 Å². The third kappa shape index (κ3) is 6.75. The Morgan fingerprint density at radius 1 is 1.26 bits per heavy atom. The number of aliphatic carboxylic acids is 1. The molecule has 0 spiro atoms. The molecule has 1 aromatic rings. The van der Waals surface area contributed by atoms with E-state index in [9.17, 15) is 4.79 Å². The molecule has 130 valence electrons. The summed E-state index contributed by atoms with van der Waals surface area (Å²) < 4.78 is 0. The Bertz CT molecular complexity index is 497. The zero-order valence-corrected chi connectivity index (χ0v) is 14.4. The number of unbranched alkanes of at least 4 members (excludes halogenated alkanes) is 4. The maximum atomic E-state index is 10.6. The third-order valence-electron chi connectivity index (χ3n) is 4.22. The van der Waals surface area contributed by atoms with Crippen molar-refractivity contribution in [1.82, 2.24) is 4.98 Å². The van der Waals surface area contributed by atoms with E-state index < -0.39 is 12.0 Å².